The second-order valence-corrected chi connectivity index (χ2v) is 0. The summed E-state index contributed by atoms with van der Waals surface area (Å²) in [6.07, 6.45) is 0. The third-order valence-electron chi connectivity index (χ3n) is 0. The van der Waals surface area contributed by atoms with E-state index >= 15 is 0 Å². The van der Waals surface area contributed by atoms with Crippen molar-refractivity contribution in [1.82, 2.24) is 0 Å². The van der Waals surface area contributed by atoms with E-state index in [1.807, 2.05) is 0 Å². The molecule has 0 saturated heterocycles. The van der Waals surface area contributed by atoms with Crippen molar-refractivity contribution in [2.24, 2.45) is 0 Å². The first kappa shape index (κ1) is 45.7. The van der Waals surface area contributed by atoms with E-state index < -0.39 is 0 Å². The minimum absolute atomic E-state index is 0. The first-order valence-corrected chi connectivity index (χ1v) is 0. The Labute approximate surface area is 155 Å². The van der Waals surface area contributed by atoms with Crippen LogP contribution >= 0.6 is 54.0 Å². The standard InChI is InChI=1S/2K.4H2S.2H/h;;4*1H2;;/q2*+1;;;;;2*-1. The van der Waals surface area contributed by atoms with Crippen LogP contribution in [0.1, 0.15) is 2.85 Å². The topological polar surface area (TPSA) is 0 Å². The molecule has 0 aliphatic carbocycles. The molecule has 6 heavy (non-hydrogen) atoms. The molecule has 6 heteroatoms. The summed E-state index contributed by atoms with van der Waals surface area (Å²) >= 11 is 0. The molecule has 0 unspecified atom stereocenters. The number of hydrogen-bond acceptors (Lipinski definition) is 0. The van der Waals surface area contributed by atoms with Gasteiger partial charge in [0.2, 0.25) is 0 Å². The van der Waals surface area contributed by atoms with Crippen LogP contribution in [0, 0.1) is 0 Å². The van der Waals surface area contributed by atoms with E-state index in [9.17, 15) is 0 Å². The molecule has 0 spiro atoms. The fourth-order valence-corrected chi connectivity index (χ4v) is 0. The predicted octanol–water partition coefficient (Wildman–Crippen LogP) is -5.32. The molecule has 0 aliphatic rings. The van der Waals surface area contributed by atoms with Gasteiger partial charge in [0.25, 0.3) is 0 Å². The maximum Gasteiger partial charge on any atom is 1.00 e. The maximum absolute atomic E-state index is 0. The summed E-state index contributed by atoms with van der Waals surface area (Å²) in [6, 6.07) is 0. The van der Waals surface area contributed by atoms with E-state index in [4.69, 9.17) is 0 Å². The van der Waals surface area contributed by atoms with Gasteiger partial charge in [-0.3, -0.25) is 0 Å². The van der Waals surface area contributed by atoms with Crippen LogP contribution in [0.5, 0.6) is 0 Å². The second kappa shape index (κ2) is 33.3. The molecule has 0 bridgehead atoms. The molecule has 0 atom stereocenters. The van der Waals surface area contributed by atoms with Crippen molar-refractivity contribution in [3.8, 4) is 0 Å². The minimum Gasteiger partial charge on any atom is -1.00 e. The Kier molecular flexibility index (Phi) is 254. The monoisotopic (exact) mass is 216 g/mol. The largest absolute Gasteiger partial charge is 1.00 e. The Morgan fingerprint density at radius 1 is 0.500 bits per heavy atom. The molecule has 0 fully saturated rings. The van der Waals surface area contributed by atoms with Crippen LogP contribution < -0.4 is 103 Å². The summed E-state index contributed by atoms with van der Waals surface area (Å²) < 4.78 is 0. The third kappa shape index (κ3) is 23.4. The van der Waals surface area contributed by atoms with Crippen molar-refractivity contribution in [3.63, 3.8) is 0 Å². The Morgan fingerprint density at radius 2 is 0.500 bits per heavy atom. The van der Waals surface area contributed by atoms with Gasteiger partial charge in [-0.25, -0.2) is 0 Å². The van der Waals surface area contributed by atoms with E-state index in [1.54, 1.807) is 0 Å². The summed E-state index contributed by atoms with van der Waals surface area (Å²) in [5.74, 6) is 0. The Morgan fingerprint density at radius 3 is 0.500 bits per heavy atom. The molecule has 0 saturated carbocycles. The molecule has 0 amide bonds. The molecular weight excluding hydrogens is 206 g/mol. The first-order chi connectivity index (χ1) is 0. The molecule has 0 aromatic rings. The summed E-state index contributed by atoms with van der Waals surface area (Å²) in [7, 11) is 0. The van der Waals surface area contributed by atoms with Crippen molar-refractivity contribution in [3.05, 3.63) is 0 Å². The van der Waals surface area contributed by atoms with Crippen molar-refractivity contribution in [2.45, 2.75) is 0 Å². The summed E-state index contributed by atoms with van der Waals surface area (Å²) in [6.45, 7) is 0. The van der Waals surface area contributed by atoms with Gasteiger partial charge in [-0.15, -0.1) is 0 Å². The summed E-state index contributed by atoms with van der Waals surface area (Å²) in [4.78, 5) is 0. The zero-order valence-electron chi connectivity index (χ0n) is 6.00. The molecule has 0 aromatic heterocycles. The van der Waals surface area contributed by atoms with Gasteiger partial charge in [-0.1, -0.05) is 0 Å². The maximum atomic E-state index is 0. The van der Waals surface area contributed by atoms with Crippen LogP contribution in [0.3, 0.4) is 0 Å². The van der Waals surface area contributed by atoms with Gasteiger partial charge >= 0.3 is 103 Å². The Hall–Kier alpha value is 4.67. The van der Waals surface area contributed by atoms with E-state index in [2.05, 4.69) is 0 Å². The van der Waals surface area contributed by atoms with Crippen LogP contribution in [0.25, 0.3) is 0 Å². The van der Waals surface area contributed by atoms with Crippen molar-refractivity contribution >= 4 is 54.0 Å². The van der Waals surface area contributed by atoms with Gasteiger partial charge in [0, 0.05) is 0 Å². The van der Waals surface area contributed by atoms with Crippen LogP contribution in [0.2, 0.25) is 0 Å². The SMILES string of the molecule is S.S.S.S.[H-].[H-].[K+].[K+]. The van der Waals surface area contributed by atoms with Gasteiger partial charge in [0.15, 0.2) is 0 Å². The Balaban J connectivity index is 0. The molecule has 0 radical (unpaired) electrons. The molecular formula is H10K2S4. The first-order valence-electron chi connectivity index (χ1n) is 0. The van der Waals surface area contributed by atoms with E-state index in [1.165, 1.54) is 0 Å². The van der Waals surface area contributed by atoms with Crippen LogP contribution in [0.15, 0.2) is 0 Å². The van der Waals surface area contributed by atoms with Gasteiger partial charge in [-0.2, -0.15) is 54.0 Å². The van der Waals surface area contributed by atoms with Crippen LogP contribution in [-0.4, -0.2) is 0 Å². The fourth-order valence-electron chi connectivity index (χ4n) is 0. The van der Waals surface area contributed by atoms with Gasteiger partial charge in [0.05, 0.1) is 0 Å². The average molecular weight is 217 g/mol. The summed E-state index contributed by atoms with van der Waals surface area (Å²) in [5, 5.41) is 0. The average Bonchev–Trinajstić information content (AvgIpc) is 0. The molecule has 0 rings (SSSR count). The molecule has 36 valence electrons. The van der Waals surface area contributed by atoms with Gasteiger partial charge in [0.1, 0.15) is 0 Å². The molecule has 0 N–H and O–H groups in total. The zero-order chi connectivity index (χ0) is 0. The number of hydrogen-bond donors (Lipinski definition) is 0. The van der Waals surface area contributed by atoms with E-state index in [0.717, 1.165) is 0 Å². The zero-order valence-corrected chi connectivity index (χ0v) is 14.2. The van der Waals surface area contributed by atoms with E-state index in [-0.39, 0.29) is 160 Å². The van der Waals surface area contributed by atoms with Gasteiger partial charge < -0.3 is 2.85 Å². The van der Waals surface area contributed by atoms with Gasteiger partial charge in [-0.05, 0) is 0 Å². The van der Waals surface area contributed by atoms with Crippen LogP contribution in [0.4, 0.5) is 0 Å². The minimum atomic E-state index is 0. The predicted molar refractivity (Wildman–Crippen MR) is 43.7 cm³/mol. The smallest absolute Gasteiger partial charge is 1.00 e. The quantitative estimate of drug-likeness (QED) is 0.355. The Bertz CT molecular complexity index is 12.0. The van der Waals surface area contributed by atoms with E-state index in [0.29, 0.717) is 0 Å². The molecule has 0 heterocycles. The molecule has 0 aromatic carbocycles. The fraction of sp³-hybridized carbons (Fsp3) is 0. The molecule has 0 aliphatic heterocycles. The normalized spacial score (nSPS) is 0. The second-order valence-electron chi connectivity index (χ2n) is 0. The van der Waals surface area contributed by atoms with Crippen molar-refractivity contribution in [2.75, 3.05) is 0 Å². The van der Waals surface area contributed by atoms with Crippen molar-refractivity contribution in [1.29, 1.82) is 0 Å². The third-order valence-corrected chi connectivity index (χ3v) is 0. The summed E-state index contributed by atoms with van der Waals surface area (Å²) in [5.41, 5.74) is 0. The number of rotatable bonds is 0. The van der Waals surface area contributed by atoms with Crippen molar-refractivity contribution < 1.29 is 106 Å². The van der Waals surface area contributed by atoms with Crippen LogP contribution in [-0.2, 0) is 0 Å². The molecule has 0 nitrogen and oxygen atoms in total.